The molecule has 1 amide bonds. The SMILES string of the molecule is Cc1ccc(C(=O)NC2(CBr)CCCCC2)cc1F. The summed E-state index contributed by atoms with van der Waals surface area (Å²) in [4.78, 5) is 12.2. The van der Waals surface area contributed by atoms with Crippen LogP contribution in [0.15, 0.2) is 18.2 Å². The van der Waals surface area contributed by atoms with Gasteiger partial charge in [0.1, 0.15) is 5.82 Å². The van der Waals surface area contributed by atoms with Gasteiger partial charge in [-0.05, 0) is 37.5 Å². The number of alkyl halides is 1. The van der Waals surface area contributed by atoms with Crippen molar-refractivity contribution in [2.45, 2.75) is 44.6 Å². The van der Waals surface area contributed by atoms with Crippen LogP contribution in [0.5, 0.6) is 0 Å². The average molecular weight is 328 g/mol. The minimum atomic E-state index is -0.329. The number of benzene rings is 1. The molecule has 0 unspecified atom stereocenters. The van der Waals surface area contributed by atoms with Crippen molar-refractivity contribution < 1.29 is 9.18 Å². The van der Waals surface area contributed by atoms with Crippen molar-refractivity contribution in [3.63, 3.8) is 0 Å². The lowest BCUT2D eigenvalue weighted by Crippen LogP contribution is -2.51. The number of rotatable bonds is 3. The topological polar surface area (TPSA) is 29.1 Å². The minimum absolute atomic E-state index is 0.170. The molecule has 104 valence electrons. The lowest BCUT2D eigenvalue weighted by atomic mass is 9.83. The number of nitrogens with one attached hydrogen (secondary N) is 1. The highest BCUT2D eigenvalue weighted by Gasteiger charge is 2.32. The summed E-state index contributed by atoms with van der Waals surface area (Å²) in [5, 5.41) is 3.84. The standard InChI is InChI=1S/C15H19BrFNO/c1-11-5-6-12(9-13(11)17)14(19)18-15(10-16)7-3-2-4-8-15/h5-6,9H,2-4,7-8,10H2,1H3,(H,18,19). The maximum atomic E-state index is 13.5. The van der Waals surface area contributed by atoms with Crippen molar-refractivity contribution in [3.8, 4) is 0 Å². The third kappa shape index (κ3) is 3.35. The highest BCUT2D eigenvalue weighted by molar-refractivity contribution is 9.09. The molecule has 1 aromatic carbocycles. The zero-order valence-electron chi connectivity index (χ0n) is 11.1. The van der Waals surface area contributed by atoms with Gasteiger partial charge in [-0.1, -0.05) is 41.3 Å². The molecule has 4 heteroatoms. The molecule has 1 fully saturated rings. The van der Waals surface area contributed by atoms with E-state index in [9.17, 15) is 9.18 Å². The van der Waals surface area contributed by atoms with Crippen LogP contribution in [0.1, 0.15) is 48.0 Å². The molecule has 0 radical (unpaired) electrons. The van der Waals surface area contributed by atoms with Crippen LogP contribution in [-0.2, 0) is 0 Å². The second kappa shape index (κ2) is 6.04. The van der Waals surface area contributed by atoms with Crippen LogP contribution in [0.3, 0.4) is 0 Å². The Morgan fingerprint density at radius 3 is 2.63 bits per heavy atom. The van der Waals surface area contributed by atoms with Gasteiger partial charge < -0.3 is 5.32 Å². The molecule has 0 heterocycles. The van der Waals surface area contributed by atoms with Crippen LogP contribution < -0.4 is 5.32 Å². The number of halogens is 2. The van der Waals surface area contributed by atoms with E-state index in [0.29, 0.717) is 11.1 Å². The van der Waals surface area contributed by atoms with E-state index in [1.165, 1.54) is 12.5 Å². The van der Waals surface area contributed by atoms with Crippen molar-refractivity contribution in [2.75, 3.05) is 5.33 Å². The number of aryl methyl sites for hydroxylation is 1. The molecule has 1 aliphatic rings. The van der Waals surface area contributed by atoms with Crippen molar-refractivity contribution in [1.29, 1.82) is 0 Å². The van der Waals surface area contributed by atoms with E-state index in [4.69, 9.17) is 0 Å². The number of hydrogen-bond acceptors (Lipinski definition) is 1. The summed E-state index contributed by atoms with van der Waals surface area (Å²) in [6.45, 7) is 1.69. The Balaban J connectivity index is 2.12. The first-order valence-electron chi connectivity index (χ1n) is 6.71. The molecule has 0 aliphatic heterocycles. The van der Waals surface area contributed by atoms with Crippen LogP contribution in [-0.4, -0.2) is 16.8 Å². The van der Waals surface area contributed by atoms with Crippen LogP contribution in [0.2, 0.25) is 0 Å². The summed E-state index contributed by atoms with van der Waals surface area (Å²) in [7, 11) is 0. The molecule has 1 N–H and O–H groups in total. The summed E-state index contributed by atoms with van der Waals surface area (Å²) in [6, 6.07) is 4.64. The first-order chi connectivity index (χ1) is 9.06. The smallest absolute Gasteiger partial charge is 0.251 e. The lowest BCUT2D eigenvalue weighted by Gasteiger charge is -2.36. The Hall–Kier alpha value is -0.900. The fourth-order valence-corrected chi connectivity index (χ4v) is 3.27. The monoisotopic (exact) mass is 327 g/mol. The molecule has 0 saturated heterocycles. The van der Waals surface area contributed by atoms with E-state index in [2.05, 4.69) is 21.2 Å². The van der Waals surface area contributed by atoms with Crippen LogP contribution in [0.25, 0.3) is 0 Å². The van der Waals surface area contributed by atoms with Gasteiger partial charge in [-0.25, -0.2) is 4.39 Å². The largest absolute Gasteiger partial charge is 0.346 e. The summed E-state index contributed by atoms with van der Waals surface area (Å²) in [5.41, 5.74) is 0.787. The van der Waals surface area contributed by atoms with Gasteiger partial charge in [-0.3, -0.25) is 4.79 Å². The number of amides is 1. The average Bonchev–Trinajstić information content (AvgIpc) is 2.43. The molecule has 0 spiro atoms. The molecular weight excluding hydrogens is 309 g/mol. The summed E-state index contributed by atoms with van der Waals surface area (Å²) in [5.74, 6) is -0.510. The van der Waals surface area contributed by atoms with Crippen molar-refractivity contribution in [1.82, 2.24) is 5.32 Å². The van der Waals surface area contributed by atoms with Crippen LogP contribution in [0.4, 0.5) is 4.39 Å². The predicted octanol–water partition coefficient (Wildman–Crippen LogP) is 3.96. The van der Waals surface area contributed by atoms with E-state index < -0.39 is 0 Å². The van der Waals surface area contributed by atoms with E-state index in [1.807, 2.05) is 0 Å². The van der Waals surface area contributed by atoms with Crippen molar-refractivity contribution in [2.24, 2.45) is 0 Å². The molecule has 0 bridgehead atoms. The fraction of sp³-hybridized carbons (Fsp3) is 0.533. The Morgan fingerprint density at radius 1 is 1.37 bits per heavy atom. The van der Waals surface area contributed by atoms with Gasteiger partial charge in [0.2, 0.25) is 0 Å². The zero-order valence-corrected chi connectivity index (χ0v) is 12.7. The quantitative estimate of drug-likeness (QED) is 0.836. The van der Waals surface area contributed by atoms with Gasteiger partial charge in [0.15, 0.2) is 0 Å². The Morgan fingerprint density at radius 2 is 2.05 bits per heavy atom. The van der Waals surface area contributed by atoms with Crippen LogP contribution >= 0.6 is 15.9 Å². The van der Waals surface area contributed by atoms with Gasteiger partial charge in [-0.2, -0.15) is 0 Å². The highest BCUT2D eigenvalue weighted by atomic mass is 79.9. The molecular formula is C15H19BrFNO. The zero-order chi connectivity index (χ0) is 13.9. The second-order valence-corrected chi connectivity index (χ2v) is 5.95. The van der Waals surface area contributed by atoms with E-state index >= 15 is 0 Å². The summed E-state index contributed by atoms with van der Waals surface area (Å²) >= 11 is 3.51. The highest BCUT2D eigenvalue weighted by Crippen LogP contribution is 2.30. The third-order valence-electron chi connectivity index (χ3n) is 3.88. The minimum Gasteiger partial charge on any atom is -0.346 e. The van der Waals surface area contributed by atoms with Crippen molar-refractivity contribution >= 4 is 21.8 Å². The molecule has 2 nitrogen and oxygen atoms in total. The predicted molar refractivity (Wildman–Crippen MR) is 78.2 cm³/mol. The van der Waals surface area contributed by atoms with E-state index in [0.717, 1.165) is 31.0 Å². The summed E-state index contributed by atoms with van der Waals surface area (Å²) in [6.07, 6.45) is 5.46. The van der Waals surface area contributed by atoms with E-state index in [-0.39, 0.29) is 17.3 Å². The molecule has 0 atom stereocenters. The molecule has 1 saturated carbocycles. The van der Waals surface area contributed by atoms with Crippen LogP contribution in [0, 0.1) is 12.7 Å². The number of carbonyl (C=O) groups excluding carboxylic acids is 1. The fourth-order valence-electron chi connectivity index (χ4n) is 2.57. The number of carbonyl (C=O) groups is 1. The Kier molecular flexibility index (Phi) is 4.61. The van der Waals surface area contributed by atoms with Gasteiger partial charge in [0.25, 0.3) is 5.91 Å². The maximum absolute atomic E-state index is 13.5. The molecule has 19 heavy (non-hydrogen) atoms. The molecule has 1 aromatic rings. The van der Waals surface area contributed by atoms with Gasteiger partial charge >= 0.3 is 0 Å². The summed E-state index contributed by atoms with van der Waals surface area (Å²) < 4.78 is 13.5. The van der Waals surface area contributed by atoms with Gasteiger partial charge in [0, 0.05) is 10.9 Å². The first kappa shape index (κ1) is 14.5. The lowest BCUT2D eigenvalue weighted by molar-refractivity contribution is 0.0886. The van der Waals surface area contributed by atoms with E-state index in [1.54, 1.807) is 19.1 Å². The van der Waals surface area contributed by atoms with Crippen molar-refractivity contribution in [3.05, 3.63) is 35.1 Å². The molecule has 1 aliphatic carbocycles. The third-order valence-corrected chi connectivity index (χ3v) is 4.95. The first-order valence-corrected chi connectivity index (χ1v) is 7.83. The second-order valence-electron chi connectivity index (χ2n) is 5.39. The number of hydrogen-bond donors (Lipinski definition) is 1. The maximum Gasteiger partial charge on any atom is 0.251 e. The normalized spacial score (nSPS) is 18.1. The van der Waals surface area contributed by atoms with Gasteiger partial charge in [0.05, 0.1) is 5.54 Å². The molecule has 2 rings (SSSR count). The molecule has 0 aromatic heterocycles. The Labute approximate surface area is 121 Å². The van der Waals surface area contributed by atoms with Gasteiger partial charge in [-0.15, -0.1) is 0 Å². The Bertz CT molecular complexity index is 469.